The summed E-state index contributed by atoms with van der Waals surface area (Å²) in [6.45, 7) is 5.87. The van der Waals surface area contributed by atoms with Crippen LogP contribution in [0.25, 0.3) is 11.0 Å². The third kappa shape index (κ3) is 2.29. The van der Waals surface area contributed by atoms with E-state index < -0.39 is 0 Å². The summed E-state index contributed by atoms with van der Waals surface area (Å²) in [5.74, 6) is -0.178. The van der Waals surface area contributed by atoms with Crippen LogP contribution in [0.3, 0.4) is 0 Å². The molecule has 0 aliphatic heterocycles. The second kappa shape index (κ2) is 5.11. The van der Waals surface area contributed by atoms with E-state index in [1.807, 2.05) is 31.2 Å². The van der Waals surface area contributed by atoms with E-state index in [0.29, 0.717) is 10.3 Å². The van der Waals surface area contributed by atoms with Crippen molar-refractivity contribution in [2.75, 3.05) is 0 Å². The molecule has 21 heavy (non-hydrogen) atoms. The molecule has 108 valence electrons. The van der Waals surface area contributed by atoms with Crippen molar-refractivity contribution in [2.24, 2.45) is 0 Å². The molecule has 0 aliphatic carbocycles. The molecule has 4 heteroatoms. The first kappa shape index (κ1) is 14.0. The lowest BCUT2D eigenvalue weighted by Gasteiger charge is -2.16. The molecule has 0 aliphatic rings. The minimum Gasteiger partial charge on any atom is -0.331 e. The Morgan fingerprint density at radius 2 is 1.90 bits per heavy atom. The Morgan fingerprint density at radius 1 is 1.14 bits per heavy atom. The number of para-hydroxylation sites is 1. The van der Waals surface area contributed by atoms with Gasteiger partial charge in [0.1, 0.15) is 5.82 Å². The molecule has 1 atom stereocenters. The molecule has 2 aromatic carbocycles. The lowest BCUT2D eigenvalue weighted by molar-refractivity contribution is 0.600. The molecule has 1 N–H and O–H groups in total. The summed E-state index contributed by atoms with van der Waals surface area (Å²) in [6.07, 6.45) is 0. The van der Waals surface area contributed by atoms with Crippen LogP contribution in [0.5, 0.6) is 0 Å². The molecule has 0 bridgehead atoms. The molecule has 0 saturated heterocycles. The van der Waals surface area contributed by atoms with Crippen LogP contribution < -0.4 is 0 Å². The van der Waals surface area contributed by atoms with Gasteiger partial charge in [-0.2, -0.15) is 0 Å². The molecule has 2 nitrogen and oxygen atoms in total. The lowest BCUT2D eigenvalue weighted by Crippen LogP contribution is -2.08. The van der Waals surface area contributed by atoms with Crippen LogP contribution in [0.4, 0.5) is 4.39 Å². The van der Waals surface area contributed by atoms with Crippen molar-refractivity contribution in [2.45, 2.75) is 26.8 Å². The number of aryl methyl sites for hydroxylation is 2. The van der Waals surface area contributed by atoms with Crippen molar-refractivity contribution >= 4 is 23.3 Å². The second-order valence-corrected chi connectivity index (χ2v) is 5.84. The highest BCUT2D eigenvalue weighted by Gasteiger charge is 2.15. The zero-order valence-electron chi connectivity index (χ0n) is 12.3. The molecule has 0 amide bonds. The molecule has 0 spiro atoms. The fourth-order valence-corrected chi connectivity index (χ4v) is 3.10. The number of benzene rings is 2. The number of hydrogen-bond acceptors (Lipinski definition) is 1. The van der Waals surface area contributed by atoms with Gasteiger partial charge in [-0.15, -0.1) is 0 Å². The summed E-state index contributed by atoms with van der Waals surface area (Å²) < 4.78 is 16.6. The quantitative estimate of drug-likeness (QED) is 0.656. The van der Waals surface area contributed by atoms with Crippen molar-refractivity contribution in [1.29, 1.82) is 0 Å². The van der Waals surface area contributed by atoms with Crippen molar-refractivity contribution in [3.8, 4) is 0 Å². The summed E-state index contributed by atoms with van der Waals surface area (Å²) in [6, 6.07) is 11.4. The van der Waals surface area contributed by atoms with Gasteiger partial charge in [-0.3, -0.25) is 0 Å². The summed E-state index contributed by atoms with van der Waals surface area (Å²) in [7, 11) is 0. The fraction of sp³-hybridized carbons (Fsp3) is 0.235. The number of nitrogens with one attached hydrogen (secondary N) is 1. The lowest BCUT2D eigenvalue weighted by atomic mass is 10.1. The van der Waals surface area contributed by atoms with E-state index in [9.17, 15) is 4.39 Å². The monoisotopic (exact) mass is 300 g/mol. The maximum Gasteiger partial charge on any atom is 0.178 e. The molecule has 1 heterocycles. The first-order valence-electron chi connectivity index (χ1n) is 6.95. The third-order valence-corrected chi connectivity index (χ3v) is 4.30. The number of fused-ring (bicyclic) bond motifs is 1. The molecule has 3 aromatic rings. The molecule has 0 radical (unpaired) electrons. The summed E-state index contributed by atoms with van der Waals surface area (Å²) in [4.78, 5) is 3.23. The average molecular weight is 300 g/mol. The maximum atomic E-state index is 13.8. The molecule has 0 saturated carbocycles. The van der Waals surface area contributed by atoms with Gasteiger partial charge in [0.05, 0.1) is 17.1 Å². The first-order chi connectivity index (χ1) is 9.99. The van der Waals surface area contributed by atoms with Crippen LogP contribution in [0, 0.1) is 24.4 Å². The van der Waals surface area contributed by atoms with Gasteiger partial charge in [0.25, 0.3) is 0 Å². The highest BCUT2D eigenvalue weighted by Crippen LogP contribution is 2.27. The number of rotatable bonds is 2. The Morgan fingerprint density at radius 3 is 2.62 bits per heavy atom. The minimum absolute atomic E-state index is 0.0255. The van der Waals surface area contributed by atoms with Gasteiger partial charge in [0.2, 0.25) is 0 Å². The van der Waals surface area contributed by atoms with Gasteiger partial charge in [-0.05, 0) is 61.8 Å². The highest BCUT2D eigenvalue weighted by molar-refractivity contribution is 7.71. The van der Waals surface area contributed by atoms with Crippen LogP contribution >= 0.6 is 12.2 Å². The predicted molar refractivity (Wildman–Crippen MR) is 86.8 cm³/mol. The summed E-state index contributed by atoms with van der Waals surface area (Å²) in [5.41, 5.74) is 4.82. The number of H-pyrrole nitrogens is 1. The fourth-order valence-electron chi connectivity index (χ4n) is 2.74. The van der Waals surface area contributed by atoms with Crippen LogP contribution in [0.15, 0.2) is 36.4 Å². The molecule has 1 unspecified atom stereocenters. The Bertz CT molecular complexity index is 876. The number of imidazole rings is 1. The van der Waals surface area contributed by atoms with Crippen LogP contribution in [-0.4, -0.2) is 9.55 Å². The molecule has 0 fully saturated rings. The number of aromatic amines is 1. The van der Waals surface area contributed by atoms with Crippen LogP contribution in [0.2, 0.25) is 0 Å². The third-order valence-electron chi connectivity index (χ3n) is 4.00. The van der Waals surface area contributed by atoms with E-state index in [1.165, 1.54) is 0 Å². The number of halogens is 1. The van der Waals surface area contributed by atoms with Gasteiger partial charge in [0.15, 0.2) is 4.77 Å². The van der Waals surface area contributed by atoms with Crippen LogP contribution in [-0.2, 0) is 0 Å². The summed E-state index contributed by atoms with van der Waals surface area (Å²) in [5, 5.41) is 0. The Labute approximate surface area is 128 Å². The Hall–Kier alpha value is -1.94. The molecular formula is C17H17FN2S. The van der Waals surface area contributed by atoms with Crippen molar-refractivity contribution in [3.63, 3.8) is 0 Å². The van der Waals surface area contributed by atoms with Gasteiger partial charge in [-0.1, -0.05) is 24.3 Å². The largest absolute Gasteiger partial charge is 0.331 e. The van der Waals surface area contributed by atoms with Crippen molar-refractivity contribution in [1.82, 2.24) is 9.55 Å². The molecule has 1 aromatic heterocycles. The topological polar surface area (TPSA) is 20.7 Å². The normalized spacial score (nSPS) is 12.8. The second-order valence-electron chi connectivity index (χ2n) is 5.46. The number of aromatic nitrogens is 2. The van der Waals surface area contributed by atoms with Gasteiger partial charge in [0, 0.05) is 0 Å². The minimum atomic E-state index is -0.178. The first-order valence-corrected chi connectivity index (χ1v) is 7.35. The van der Waals surface area contributed by atoms with E-state index in [1.54, 1.807) is 13.0 Å². The number of nitrogens with zero attached hydrogens (tertiary/aromatic N) is 1. The smallest absolute Gasteiger partial charge is 0.178 e. The average Bonchev–Trinajstić information content (AvgIpc) is 2.78. The van der Waals surface area contributed by atoms with Gasteiger partial charge >= 0.3 is 0 Å². The van der Waals surface area contributed by atoms with E-state index in [4.69, 9.17) is 12.2 Å². The highest BCUT2D eigenvalue weighted by atomic mass is 32.1. The molecular weight excluding hydrogens is 283 g/mol. The van der Waals surface area contributed by atoms with Crippen molar-refractivity contribution in [3.05, 3.63) is 63.7 Å². The maximum absolute atomic E-state index is 13.8. The Balaban J connectivity index is 2.22. The van der Waals surface area contributed by atoms with E-state index in [0.717, 1.165) is 22.2 Å². The Kier molecular flexibility index (Phi) is 3.41. The summed E-state index contributed by atoms with van der Waals surface area (Å²) >= 11 is 5.46. The zero-order chi connectivity index (χ0) is 15.1. The van der Waals surface area contributed by atoms with E-state index >= 15 is 0 Å². The van der Waals surface area contributed by atoms with E-state index in [-0.39, 0.29) is 11.9 Å². The SMILES string of the molecule is Cc1ccc(C(C)n2c(=S)[nH]c3cccc(C)c32)cc1F. The van der Waals surface area contributed by atoms with Gasteiger partial charge < -0.3 is 9.55 Å². The zero-order valence-corrected chi connectivity index (χ0v) is 13.1. The van der Waals surface area contributed by atoms with Crippen molar-refractivity contribution < 1.29 is 4.39 Å². The number of hydrogen-bond donors (Lipinski definition) is 1. The standard InChI is InChI=1S/C17H17FN2S/c1-10-7-8-13(9-14(10)18)12(3)20-16-11(2)5-4-6-15(16)19-17(20)21/h4-9,12H,1-3H3,(H,19,21). The van der Waals surface area contributed by atoms with E-state index in [2.05, 4.69) is 22.5 Å². The van der Waals surface area contributed by atoms with Gasteiger partial charge in [-0.25, -0.2) is 4.39 Å². The molecule has 3 rings (SSSR count). The predicted octanol–water partition coefficient (Wildman–Crippen LogP) is 5.06. The van der Waals surface area contributed by atoms with Crippen LogP contribution in [0.1, 0.15) is 29.7 Å².